The van der Waals surface area contributed by atoms with Gasteiger partial charge in [-0.25, -0.2) is 8.42 Å². The Bertz CT molecular complexity index is 1500. The molecule has 0 saturated heterocycles. The maximum atomic E-state index is 14.2. The second-order valence-electron chi connectivity index (χ2n) is 8.53. The molecule has 0 radical (unpaired) electrons. The van der Waals surface area contributed by atoms with Crippen LogP contribution in [0.3, 0.4) is 0 Å². The summed E-state index contributed by atoms with van der Waals surface area (Å²) >= 11 is 12.8. The highest BCUT2D eigenvalue weighted by molar-refractivity contribution is 7.89. The predicted molar refractivity (Wildman–Crippen MR) is 144 cm³/mol. The lowest BCUT2D eigenvalue weighted by Gasteiger charge is -2.40. The lowest BCUT2D eigenvalue weighted by molar-refractivity contribution is 0.0296. The molecule has 0 fully saturated rings. The normalized spacial score (nSPS) is 18.4. The van der Waals surface area contributed by atoms with Crippen molar-refractivity contribution in [2.45, 2.75) is 24.1 Å². The van der Waals surface area contributed by atoms with Crippen LogP contribution in [0.1, 0.15) is 34.5 Å². The van der Waals surface area contributed by atoms with Crippen molar-refractivity contribution in [1.29, 1.82) is 0 Å². The van der Waals surface area contributed by atoms with E-state index in [1.807, 2.05) is 61.5 Å². The Labute approximate surface area is 221 Å². The van der Waals surface area contributed by atoms with Crippen LogP contribution < -0.4 is 0 Å². The van der Waals surface area contributed by atoms with Gasteiger partial charge in [0, 0.05) is 21.2 Å². The van der Waals surface area contributed by atoms with E-state index in [4.69, 9.17) is 27.9 Å². The van der Waals surface area contributed by atoms with E-state index >= 15 is 0 Å². The van der Waals surface area contributed by atoms with Gasteiger partial charge >= 0.3 is 0 Å². The first-order valence-corrected chi connectivity index (χ1v) is 13.6. The molecule has 1 aliphatic heterocycles. The van der Waals surface area contributed by atoms with Crippen molar-refractivity contribution in [3.63, 3.8) is 0 Å². The molecule has 0 N–H and O–H groups in total. The van der Waals surface area contributed by atoms with Crippen LogP contribution in [0.15, 0.2) is 114 Å². The highest BCUT2D eigenvalue weighted by Crippen LogP contribution is 2.46. The number of hydrogen-bond acceptors (Lipinski definition) is 3. The number of nitrogens with zero attached hydrogens (tertiary/aromatic N) is 1. The molecule has 36 heavy (non-hydrogen) atoms. The molecule has 0 aliphatic carbocycles. The van der Waals surface area contributed by atoms with Crippen molar-refractivity contribution in [3.8, 4) is 0 Å². The number of benzene rings is 4. The molecule has 5 rings (SSSR count). The van der Waals surface area contributed by atoms with Crippen LogP contribution in [-0.4, -0.2) is 12.7 Å². The Morgan fingerprint density at radius 3 is 2.08 bits per heavy atom. The van der Waals surface area contributed by atoms with Gasteiger partial charge in [0.2, 0.25) is 10.0 Å². The molecule has 4 nitrogen and oxygen atoms in total. The lowest BCUT2D eigenvalue weighted by atomic mass is 10.0. The van der Waals surface area contributed by atoms with Crippen LogP contribution >= 0.6 is 23.2 Å². The molecule has 0 aromatic heterocycles. The fraction of sp³-hybridized carbons (Fsp3) is 0.103. The maximum absolute atomic E-state index is 14.2. The average molecular weight is 536 g/mol. The molecule has 1 heterocycles. The van der Waals surface area contributed by atoms with Gasteiger partial charge in [-0.05, 0) is 48.9 Å². The standard InChI is InChI=1S/C29H23Cl2NO3S/c1-20-11-17-24(18-12-20)36(33,34)32-27(21-13-15-23(30)16-14-21)19-28(22-7-3-2-4-8-22)35-29(32)25-9-5-6-10-26(25)31/h2-19,27,29H,1H3/t27-,29-/m0/s1. The predicted octanol–water partition coefficient (Wildman–Crippen LogP) is 7.80. The Morgan fingerprint density at radius 1 is 0.778 bits per heavy atom. The molecule has 0 spiro atoms. The number of hydrogen-bond donors (Lipinski definition) is 0. The second kappa shape index (κ2) is 10.1. The molecule has 0 amide bonds. The number of sulfonamides is 1. The second-order valence-corrected chi connectivity index (χ2v) is 11.2. The summed E-state index contributed by atoms with van der Waals surface area (Å²) in [6.07, 6.45) is 0.823. The van der Waals surface area contributed by atoms with E-state index in [1.165, 1.54) is 4.31 Å². The van der Waals surface area contributed by atoms with Gasteiger partial charge in [0.1, 0.15) is 5.76 Å². The van der Waals surface area contributed by atoms with Crippen molar-refractivity contribution in [3.05, 3.63) is 142 Å². The van der Waals surface area contributed by atoms with E-state index in [9.17, 15) is 8.42 Å². The number of rotatable bonds is 5. The first-order chi connectivity index (χ1) is 17.3. The number of ether oxygens (including phenoxy) is 1. The third-order valence-electron chi connectivity index (χ3n) is 6.09. The van der Waals surface area contributed by atoms with Crippen molar-refractivity contribution in [2.24, 2.45) is 0 Å². The van der Waals surface area contributed by atoms with Gasteiger partial charge < -0.3 is 4.74 Å². The smallest absolute Gasteiger partial charge is 0.247 e. The quantitative estimate of drug-likeness (QED) is 0.261. The van der Waals surface area contributed by atoms with Crippen molar-refractivity contribution in [2.75, 3.05) is 0 Å². The zero-order valence-corrected chi connectivity index (χ0v) is 21.7. The Kier molecular flexibility index (Phi) is 6.91. The van der Waals surface area contributed by atoms with E-state index < -0.39 is 22.3 Å². The molecular weight excluding hydrogens is 513 g/mol. The summed E-state index contributed by atoms with van der Waals surface area (Å²) in [5.74, 6) is 0.566. The van der Waals surface area contributed by atoms with Crippen LogP contribution in [0, 0.1) is 6.92 Å². The van der Waals surface area contributed by atoms with Gasteiger partial charge in [0.25, 0.3) is 0 Å². The Balaban J connectivity index is 1.76. The van der Waals surface area contributed by atoms with Gasteiger partial charge in [-0.2, -0.15) is 0 Å². The van der Waals surface area contributed by atoms with Crippen molar-refractivity contribution in [1.82, 2.24) is 4.31 Å². The lowest BCUT2D eigenvalue weighted by Crippen LogP contribution is -2.41. The average Bonchev–Trinajstić information content (AvgIpc) is 2.89. The topological polar surface area (TPSA) is 46.6 Å². The zero-order valence-electron chi connectivity index (χ0n) is 19.4. The van der Waals surface area contributed by atoms with Crippen molar-refractivity contribution < 1.29 is 13.2 Å². The fourth-order valence-electron chi connectivity index (χ4n) is 4.23. The first-order valence-electron chi connectivity index (χ1n) is 11.4. The van der Waals surface area contributed by atoms with Gasteiger partial charge in [-0.15, -0.1) is 4.31 Å². The van der Waals surface area contributed by atoms with E-state index in [1.54, 1.807) is 54.6 Å². The molecule has 4 aromatic carbocycles. The summed E-state index contributed by atoms with van der Waals surface area (Å²) in [6, 6.07) is 30.0. The summed E-state index contributed by atoms with van der Waals surface area (Å²) in [7, 11) is -4.03. The minimum atomic E-state index is -4.03. The molecule has 7 heteroatoms. The Hall–Kier alpha value is -3.09. The van der Waals surface area contributed by atoms with Gasteiger partial charge in [-0.1, -0.05) is 102 Å². The third-order valence-corrected chi connectivity index (χ3v) is 8.53. The summed E-state index contributed by atoms with van der Waals surface area (Å²) in [4.78, 5) is 0.171. The summed E-state index contributed by atoms with van der Waals surface area (Å²) in [5, 5.41) is 0.976. The number of aryl methyl sites for hydroxylation is 1. The van der Waals surface area contributed by atoms with Gasteiger partial charge in [-0.3, -0.25) is 0 Å². The molecule has 0 bridgehead atoms. The molecular formula is C29H23Cl2NO3S. The highest BCUT2D eigenvalue weighted by atomic mass is 35.5. The largest absolute Gasteiger partial charge is 0.469 e. The molecule has 0 saturated carbocycles. The zero-order chi connectivity index (χ0) is 25.3. The van der Waals surface area contributed by atoms with E-state index in [2.05, 4.69) is 0 Å². The summed E-state index contributed by atoms with van der Waals surface area (Å²) in [5.41, 5.74) is 3.10. The van der Waals surface area contributed by atoms with Gasteiger partial charge in [0.15, 0.2) is 6.23 Å². The monoisotopic (exact) mass is 535 g/mol. The third kappa shape index (κ3) is 4.80. The Morgan fingerprint density at radius 2 is 1.42 bits per heavy atom. The molecule has 4 aromatic rings. The first kappa shape index (κ1) is 24.6. The van der Waals surface area contributed by atoms with Crippen LogP contribution in [0.25, 0.3) is 5.76 Å². The van der Waals surface area contributed by atoms with E-state index in [0.29, 0.717) is 21.4 Å². The van der Waals surface area contributed by atoms with E-state index in [0.717, 1.165) is 16.7 Å². The molecule has 1 aliphatic rings. The minimum absolute atomic E-state index is 0.171. The summed E-state index contributed by atoms with van der Waals surface area (Å²) in [6.45, 7) is 1.92. The molecule has 0 unspecified atom stereocenters. The molecule has 2 atom stereocenters. The summed E-state index contributed by atoms with van der Waals surface area (Å²) < 4.78 is 36.3. The van der Waals surface area contributed by atoms with Crippen LogP contribution in [0.2, 0.25) is 10.0 Å². The maximum Gasteiger partial charge on any atom is 0.247 e. The van der Waals surface area contributed by atoms with Gasteiger partial charge in [0.05, 0.1) is 10.9 Å². The van der Waals surface area contributed by atoms with Crippen molar-refractivity contribution >= 4 is 39.0 Å². The highest BCUT2D eigenvalue weighted by Gasteiger charge is 2.43. The number of halogens is 2. The van der Waals surface area contributed by atoms with Crippen LogP contribution in [0.5, 0.6) is 0 Å². The van der Waals surface area contributed by atoms with E-state index in [-0.39, 0.29) is 4.90 Å². The van der Waals surface area contributed by atoms with Crippen LogP contribution in [-0.2, 0) is 14.8 Å². The fourth-order valence-corrected chi connectivity index (χ4v) is 6.20. The SMILES string of the molecule is Cc1ccc(S(=O)(=O)N2[C@H](c3ccc(Cl)cc3)C=C(c3ccccc3)O[C@H]2c2ccccc2Cl)cc1. The minimum Gasteiger partial charge on any atom is -0.469 e. The van der Waals surface area contributed by atoms with Crippen LogP contribution in [0.4, 0.5) is 0 Å². The molecule has 182 valence electrons.